The number of aromatic nitrogens is 1. The number of hydrogen-bond donors (Lipinski definition) is 0. The van der Waals surface area contributed by atoms with Crippen molar-refractivity contribution in [3.8, 4) is 0 Å². The van der Waals surface area contributed by atoms with Gasteiger partial charge in [-0.3, -0.25) is 4.98 Å². The minimum absolute atomic E-state index is 0.0124. The van der Waals surface area contributed by atoms with Crippen LogP contribution >= 0.6 is 0 Å². The first-order valence-corrected chi connectivity index (χ1v) is 9.54. The second-order valence-corrected chi connectivity index (χ2v) is 9.10. The first-order valence-electron chi connectivity index (χ1n) is 7.72. The first kappa shape index (κ1) is 17.7. The van der Waals surface area contributed by atoms with Crippen LogP contribution in [0.5, 0.6) is 0 Å². The number of pyridine rings is 1. The van der Waals surface area contributed by atoms with Crippen LogP contribution in [0.4, 0.5) is 4.79 Å². The van der Waals surface area contributed by atoms with Crippen LogP contribution in [0.15, 0.2) is 24.5 Å². The molecule has 1 amide bonds. The van der Waals surface area contributed by atoms with Gasteiger partial charge in [-0.25, -0.2) is 13.2 Å². The van der Waals surface area contributed by atoms with Crippen LogP contribution in [-0.4, -0.2) is 48.8 Å². The Morgan fingerprint density at radius 2 is 2.00 bits per heavy atom. The van der Waals surface area contributed by atoms with E-state index in [9.17, 15) is 13.2 Å². The number of carbonyl (C=O) groups excluding carboxylic acids is 1. The van der Waals surface area contributed by atoms with Crippen LogP contribution in [0.3, 0.4) is 0 Å². The molecular formula is C16H24N2O4S. The SMILES string of the molecule is CC(C)(C)OC(=O)N1CC[C@@H](CS(=O)(=O)Cc2ccncc2)C1. The highest BCUT2D eigenvalue weighted by Crippen LogP contribution is 2.22. The Bertz CT molecular complexity index is 638. The lowest BCUT2D eigenvalue weighted by molar-refractivity contribution is 0.0289. The maximum atomic E-state index is 12.3. The lowest BCUT2D eigenvalue weighted by atomic mass is 10.2. The van der Waals surface area contributed by atoms with Crippen molar-refractivity contribution in [3.63, 3.8) is 0 Å². The van der Waals surface area contributed by atoms with Crippen molar-refractivity contribution in [1.29, 1.82) is 0 Å². The van der Waals surface area contributed by atoms with E-state index in [-0.39, 0.29) is 23.5 Å². The zero-order valence-electron chi connectivity index (χ0n) is 13.9. The van der Waals surface area contributed by atoms with Gasteiger partial charge >= 0.3 is 6.09 Å². The minimum atomic E-state index is -3.21. The minimum Gasteiger partial charge on any atom is -0.444 e. The number of sulfone groups is 1. The standard InChI is InChI=1S/C16H24N2O4S/c1-16(2,3)22-15(19)18-9-6-14(10-18)12-23(20,21)11-13-4-7-17-8-5-13/h4-5,7-8,14H,6,9-12H2,1-3H3/t14-/m1/s1. The van der Waals surface area contributed by atoms with Gasteiger partial charge in [0, 0.05) is 25.5 Å². The Kier molecular flexibility index (Phi) is 5.29. The van der Waals surface area contributed by atoms with E-state index in [4.69, 9.17) is 4.74 Å². The third-order valence-electron chi connectivity index (χ3n) is 3.56. The fraction of sp³-hybridized carbons (Fsp3) is 0.625. The number of carbonyl (C=O) groups is 1. The van der Waals surface area contributed by atoms with Gasteiger partial charge in [-0.15, -0.1) is 0 Å². The van der Waals surface area contributed by atoms with Crippen molar-refractivity contribution in [2.24, 2.45) is 5.92 Å². The second-order valence-electron chi connectivity index (χ2n) is 6.99. The maximum Gasteiger partial charge on any atom is 0.410 e. The summed E-state index contributed by atoms with van der Waals surface area (Å²) in [5.74, 6) is 0.0712. The fourth-order valence-electron chi connectivity index (χ4n) is 2.61. The van der Waals surface area contributed by atoms with E-state index in [0.29, 0.717) is 19.5 Å². The predicted octanol–water partition coefficient (Wildman–Crippen LogP) is 2.25. The summed E-state index contributed by atoms with van der Waals surface area (Å²) in [7, 11) is -3.21. The van der Waals surface area contributed by atoms with Crippen LogP contribution in [0.2, 0.25) is 0 Å². The molecule has 0 saturated carbocycles. The second kappa shape index (κ2) is 6.86. The molecular weight excluding hydrogens is 316 g/mol. The average Bonchev–Trinajstić information content (AvgIpc) is 2.85. The van der Waals surface area contributed by atoms with Gasteiger partial charge in [0.15, 0.2) is 9.84 Å². The number of rotatable bonds is 4. The summed E-state index contributed by atoms with van der Waals surface area (Å²) in [4.78, 5) is 17.5. The van der Waals surface area contributed by atoms with Crippen LogP contribution in [0.1, 0.15) is 32.8 Å². The van der Waals surface area contributed by atoms with Gasteiger partial charge in [0.05, 0.1) is 11.5 Å². The molecule has 0 radical (unpaired) electrons. The van der Waals surface area contributed by atoms with Crippen LogP contribution in [0.25, 0.3) is 0 Å². The molecule has 0 aliphatic carbocycles. The number of hydrogen-bond acceptors (Lipinski definition) is 5. The van der Waals surface area contributed by atoms with Crippen LogP contribution in [0, 0.1) is 5.92 Å². The predicted molar refractivity (Wildman–Crippen MR) is 87.6 cm³/mol. The van der Waals surface area contributed by atoms with E-state index >= 15 is 0 Å². The molecule has 1 aromatic rings. The fourth-order valence-corrected chi connectivity index (χ4v) is 4.42. The monoisotopic (exact) mass is 340 g/mol. The Labute approximate surface area is 137 Å². The quantitative estimate of drug-likeness (QED) is 0.840. The van der Waals surface area contributed by atoms with Gasteiger partial charge in [0.1, 0.15) is 5.60 Å². The molecule has 0 spiro atoms. The molecule has 0 N–H and O–H groups in total. The van der Waals surface area contributed by atoms with Crippen LogP contribution in [-0.2, 0) is 20.3 Å². The van der Waals surface area contributed by atoms with Crippen molar-refractivity contribution in [2.75, 3.05) is 18.8 Å². The number of ether oxygens (including phenoxy) is 1. The van der Waals surface area contributed by atoms with Gasteiger partial charge in [0.2, 0.25) is 0 Å². The third-order valence-corrected chi connectivity index (χ3v) is 5.32. The van der Waals surface area contributed by atoms with E-state index in [0.717, 1.165) is 5.56 Å². The summed E-state index contributed by atoms with van der Waals surface area (Å²) in [6.45, 7) is 6.43. The molecule has 1 saturated heterocycles. The molecule has 0 bridgehead atoms. The molecule has 2 heterocycles. The lowest BCUT2D eigenvalue weighted by Gasteiger charge is -2.24. The zero-order chi connectivity index (χ0) is 17.1. The largest absolute Gasteiger partial charge is 0.444 e. The Balaban J connectivity index is 1.88. The normalized spacial score (nSPS) is 18.9. The molecule has 1 aliphatic rings. The van der Waals surface area contributed by atoms with Crippen molar-refractivity contribution in [3.05, 3.63) is 30.1 Å². The number of likely N-dealkylation sites (tertiary alicyclic amines) is 1. The van der Waals surface area contributed by atoms with E-state index in [1.54, 1.807) is 29.4 Å². The molecule has 23 heavy (non-hydrogen) atoms. The highest BCUT2D eigenvalue weighted by Gasteiger charge is 2.32. The van der Waals surface area contributed by atoms with E-state index < -0.39 is 15.4 Å². The number of nitrogens with zero attached hydrogens (tertiary/aromatic N) is 2. The maximum absolute atomic E-state index is 12.3. The molecule has 1 aromatic heterocycles. The van der Waals surface area contributed by atoms with Crippen molar-refractivity contribution in [2.45, 2.75) is 38.5 Å². The smallest absolute Gasteiger partial charge is 0.410 e. The molecule has 1 atom stereocenters. The third kappa shape index (κ3) is 5.82. The first-order chi connectivity index (χ1) is 10.6. The summed E-state index contributed by atoms with van der Waals surface area (Å²) < 4.78 is 29.9. The lowest BCUT2D eigenvalue weighted by Crippen LogP contribution is -2.35. The Morgan fingerprint density at radius 1 is 1.35 bits per heavy atom. The topological polar surface area (TPSA) is 76.6 Å². The summed E-state index contributed by atoms with van der Waals surface area (Å²) in [5.41, 5.74) is 0.199. The summed E-state index contributed by atoms with van der Waals surface area (Å²) in [5, 5.41) is 0. The van der Waals surface area contributed by atoms with Gasteiger partial charge < -0.3 is 9.64 Å². The number of amides is 1. The highest BCUT2D eigenvalue weighted by atomic mass is 32.2. The van der Waals surface area contributed by atoms with Crippen LogP contribution < -0.4 is 0 Å². The summed E-state index contributed by atoms with van der Waals surface area (Å²) >= 11 is 0. The Morgan fingerprint density at radius 3 is 2.61 bits per heavy atom. The molecule has 2 rings (SSSR count). The zero-order valence-corrected chi connectivity index (χ0v) is 14.7. The molecule has 1 aliphatic heterocycles. The van der Waals surface area contributed by atoms with E-state index in [2.05, 4.69) is 4.98 Å². The van der Waals surface area contributed by atoms with Gasteiger partial charge in [0.25, 0.3) is 0 Å². The molecule has 128 valence electrons. The molecule has 6 nitrogen and oxygen atoms in total. The van der Waals surface area contributed by atoms with Crippen molar-refractivity contribution >= 4 is 15.9 Å². The van der Waals surface area contributed by atoms with Gasteiger partial charge in [-0.2, -0.15) is 0 Å². The van der Waals surface area contributed by atoms with E-state index in [1.165, 1.54) is 0 Å². The van der Waals surface area contributed by atoms with Crippen molar-refractivity contribution in [1.82, 2.24) is 9.88 Å². The highest BCUT2D eigenvalue weighted by molar-refractivity contribution is 7.90. The molecule has 7 heteroatoms. The molecule has 1 fully saturated rings. The van der Waals surface area contributed by atoms with E-state index in [1.807, 2.05) is 20.8 Å². The summed E-state index contributed by atoms with van der Waals surface area (Å²) in [6.07, 6.45) is 3.50. The molecule has 0 unspecified atom stereocenters. The summed E-state index contributed by atoms with van der Waals surface area (Å²) in [6, 6.07) is 3.42. The van der Waals surface area contributed by atoms with Crippen molar-refractivity contribution < 1.29 is 17.9 Å². The molecule has 0 aromatic carbocycles. The Hall–Kier alpha value is -1.63. The van der Waals surface area contributed by atoms with Gasteiger partial charge in [-0.1, -0.05) is 0 Å². The average molecular weight is 340 g/mol. The van der Waals surface area contributed by atoms with Gasteiger partial charge in [-0.05, 0) is 50.8 Å².